The summed E-state index contributed by atoms with van der Waals surface area (Å²) in [6.07, 6.45) is 3.13. The Morgan fingerprint density at radius 3 is 2.61 bits per heavy atom. The molecule has 0 radical (unpaired) electrons. The summed E-state index contributed by atoms with van der Waals surface area (Å²) in [5, 5.41) is 0. The summed E-state index contributed by atoms with van der Waals surface area (Å²) in [6.45, 7) is 7.32. The summed E-state index contributed by atoms with van der Waals surface area (Å²) in [6, 6.07) is 5.81. The van der Waals surface area contributed by atoms with Crippen LogP contribution in [0.25, 0.3) is 0 Å². The van der Waals surface area contributed by atoms with Gasteiger partial charge in [-0.15, -0.1) is 0 Å². The molecule has 0 N–H and O–H groups in total. The number of carbonyl (C=O) groups is 2. The van der Waals surface area contributed by atoms with Gasteiger partial charge >= 0.3 is 6.09 Å². The molecule has 2 fully saturated rings. The highest BCUT2D eigenvalue weighted by Crippen LogP contribution is 2.36. The lowest BCUT2D eigenvalue weighted by molar-refractivity contribution is 0.0438. The maximum Gasteiger partial charge on any atom is 0.415 e. The second-order valence-corrected chi connectivity index (χ2v) is 8.64. The molecule has 8 heteroatoms. The van der Waals surface area contributed by atoms with Crippen molar-refractivity contribution in [2.24, 2.45) is 0 Å². The van der Waals surface area contributed by atoms with Crippen LogP contribution in [0.1, 0.15) is 60.9 Å². The highest BCUT2D eigenvalue weighted by atomic mass is 19.1. The molecule has 1 aromatic heterocycles. The van der Waals surface area contributed by atoms with Crippen molar-refractivity contribution in [3.05, 3.63) is 53.4 Å². The van der Waals surface area contributed by atoms with Gasteiger partial charge in [0.25, 0.3) is 5.91 Å². The molecular weight excluding hydrogens is 399 g/mol. The van der Waals surface area contributed by atoms with Gasteiger partial charge in [0.05, 0.1) is 17.8 Å². The molecule has 1 spiro atoms. The highest BCUT2D eigenvalue weighted by Gasteiger charge is 2.46. The lowest BCUT2D eigenvalue weighted by Crippen LogP contribution is -2.37. The van der Waals surface area contributed by atoms with Gasteiger partial charge < -0.3 is 9.64 Å². The third kappa shape index (κ3) is 4.24. The van der Waals surface area contributed by atoms with E-state index in [1.165, 1.54) is 12.1 Å². The van der Waals surface area contributed by atoms with Crippen molar-refractivity contribution in [1.29, 1.82) is 0 Å². The molecule has 4 rings (SSSR count). The van der Waals surface area contributed by atoms with Gasteiger partial charge in [-0.25, -0.2) is 19.2 Å². The van der Waals surface area contributed by atoms with Crippen molar-refractivity contribution in [3.63, 3.8) is 0 Å². The summed E-state index contributed by atoms with van der Waals surface area (Å²) in [5.41, 5.74) is 1.15. The Bertz CT molecular complexity index is 995. The van der Waals surface area contributed by atoms with E-state index in [4.69, 9.17) is 4.74 Å². The van der Waals surface area contributed by atoms with Gasteiger partial charge in [0.1, 0.15) is 17.2 Å². The van der Waals surface area contributed by atoms with E-state index in [9.17, 15) is 14.0 Å². The first kappa shape index (κ1) is 21.2. The molecule has 0 saturated carbocycles. The van der Waals surface area contributed by atoms with Crippen molar-refractivity contribution in [2.45, 2.75) is 51.6 Å². The normalized spacial score (nSPS) is 21.5. The summed E-state index contributed by atoms with van der Waals surface area (Å²) in [4.78, 5) is 37.8. The number of amides is 2. The monoisotopic (exact) mass is 426 g/mol. The molecule has 2 saturated heterocycles. The van der Waals surface area contributed by atoms with E-state index < -0.39 is 11.7 Å². The second-order valence-electron chi connectivity index (χ2n) is 8.64. The van der Waals surface area contributed by atoms with Crippen LogP contribution in [0.4, 0.5) is 14.9 Å². The number of likely N-dealkylation sites (tertiary alicyclic amines) is 1. The summed E-state index contributed by atoms with van der Waals surface area (Å²) >= 11 is 0. The van der Waals surface area contributed by atoms with E-state index in [0.717, 1.165) is 12.2 Å². The Hall–Kier alpha value is -3.03. The van der Waals surface area contributed by atoms with E-state index in [1.807, 2.05) is 20.8 Å². The average molecular weight is 426 g/mol. The third-order valence-electron chi connectivity index (χ3n) is 6.04. The first-order valence-electron chi connectivity index (χ1n) is 10.7. The predicted octanol–water partition coefficient (Wildman–Crippen LogP) is 4.07. The van der Waals surface area contributed by atoms with Gasteiger partial charge in [-0.1, -0.05) is 13.8 Å². The second kappa shape index (κ2) is 8.24. The van der Waals surface area contributed by atoms with Crippen molar-refractivity contribution in [2.75, 3.05) is 24.5 Å². The number of hydrogen-bond donors (Lipinski definition) is 0. The lowest BCUT2D eigenvalue weighted by atomic mass is 9.95. The van der Waals surface area contributed by atoms with Crippen LogP contribution in [0.5, 0.6) is 0 Å². The molecule has 2 aliphatic heterocycles. The molecule has 3 heterocycles. The van der Waals surface area contributed by atoms with Gasteiger partial charge in [-0.05, 0) is 44.0 Å². The van der Waals surface area contributed by atoms with Crippen LogP contribution in [0.15, 0.2) is 30.5 Å². The minimum Gasteiger partial charge on any atom is -0.441 e. The van der Waals surface area contributed by atoms with Gasteiger partial charge in [-0.3, -0.25) is 9.69 Å². The number of aromatic nitrogens is 2. The van der Waals surface area contributed by atoms with Crippen molar-refractivity contribution in [1.82, 2.24) is 14.9 Å². The van der Waals surface area contributed by atoms with Gasteiger partial charge in [0.15, 0.2) is 0 Å². The largest absolute Gasteiger partial charge is 0.441 e. The first-order valence-corrected chi connectivity index (χ1v) is 10.7. The standard InChI is InChI=1S/C23H27FN4O3/c1-15(2)20-25-13-19(16(3)26-20)21(29)27-11-4-9-23(10-12-27)14-28(22(30)31-23)18-7-5-17(24)6-8-18/h5-8,13,15H,4,9-12,14H2,1-3H3/t23-/m0/s1. The molecule has 2 aliphatic rings. The molecule has 1 atom stereocenters. The van der Waals surface area contributed by atoms with Crippen LogP contribution in [0.2, 0.25) is 0 Å². The Morgan fingerprint density at radius 2 is 1.94 bits per heavy atom. The average Bonchev–Trinajstić information content (AvgIpc) is 2.92. The Labute approximate surface area is 181 Å². The fourth-order valence-corrected chi connectivity index (χ4v) is 4.22. The zero-order valence-corrected chi connectivity index (χ0v) is 18.1. The maximum absolute atomic E-state index is 13.2. The highest BCUT2D eigenvalue weighted by molar-refractivity contribution is 5.95. The molecule has 164 valence electrons. The van der Waals surface area contributed by atoms with Crippen molar-refractivity contribution >= 4 is 17.7 Å². The molecular formula is C23H27FN4O3. The Balaban J connectivity index is 1.47. The third-order valence-corrected chi connectivity index (χ3v) is 6.04. The molecule has 2 amide bonds. The number of ether oxygens (including phenoxy) is 1. The number of hydrogen-bond acceptors (Lipinski definition) is 5. The van der Waals surface area contributed by atoms with Crippen LogP contribution in [-0.4, -0.2) is 52.1 Å². The van der Waals surface area contributed by atoms with Crippen LogP contribution >= 0.6 is 0 Å². The molecule has 0 bridgehead atoms. The topological polar surface area (TPSA) is 75.6 Å². The fourth-order valence-electron chi connectivity index (χ4n) is 4.22. The minimum absolute atomic E-state index is 0.0930. The maximum atomic E-state index is 13.2. The van der Waals surface area contributed by atoms with Gasteiger partial charge in [0.2, 0.25) is 0 Å². The number of carbonyl (C=O) groups excluding carboxylic acids is 2. The molecule has 0 aliphatic carbocycles. The first-order chi connectivity index (χ1) is 14.8. The molecule has 2 aromatic rings. The van der Waals surface area contributed by atoms with E-state index in [2.05, 4.69) is 9.97 Å². The number of aryl methyl sites for hydroxylation is 1. The fraction of sp³-hybridized carbons (Fsp3) is 0.478. The van der Waals surface area contributed by atoms with Crippen LogP contribution in [-0.2, 0) is 4.74 Å². The van der Waals surface area contributed by atoms with Gasteiger partial charge in [0, 0.05) is 37.3 Å². The molecule has 7 nitrogen and oxygen atoms in total. The van der Waals surface area contributed by atoms with E-state index in [0.29, 0.717) is 49.4 Å². The number of halogens is 1. The number of anilines is 1. The lowest BCUT2D eigenvalue weighted by Gasteiger charge is -2.25. The predicted molar refractivity (Wildman–Crippen MR) is 114 cm³/mol. The van der Waals surface area contributed by atoms with E-state index >= 15 is 0 Å². The molecule has 31 heavy (non-hydrogen) atoms. The van der Waals surface area contributed by atoms with E-state index in [1.54, 1.807) is 28.1 Å². The summed E-state index contributed by atoms with van der Waals surface area (Å²) in [5.74, 6) is 0.476. The Morgan fingerprint density at radius 1 is 1.19 bits per heavy atom. The number of rotatable bonds is 3. The molecule has 0 unspecified atom stereocenters. The number of nitrogens with zero attached hydrogens (tertiary/aromatic N) is 4. The zero-order chi connectivity index (χ0) is 22.2. The van der Waals surface area contributed by atoms with E-state index in [-0.39, 0.29) is 17.6 Å². The van der Waals surface area contributed by atoms with Crippen LogP contribution in [0, 0.1) is 12.7 Å². The van der Waals surface area contributed by atoms with Crippen molar-refractivity contribution in [3.8, 4) is 0 Å². The Kier molecular flexibility index (Phi) is 5.64. The van der Waals surface area contributed by atoms with Gasteiger partial charge in [-0.2, -0.15) is 0 Å². The molecule has 1 aromatic carbocycles. The van der Waals surface area contributed by atoms with Crippen LogP contribution in [0.3, 0.4) is 0 Å². The SMILES string of the molecule is Cc1nc(C(C)C)ncc1C(=O)N1CCC[C@]2(CC1)CN(c1ccc(F)cc1)C(=O)O2. The summed E-state index contributed by atoms with van der Waals surface area (Å²) < 4.78 is 19.0. The van der Waals surface area contributed by atoms with Crippen molar-refractivity contribution < 1.29 is 18.7 Å². The van der Waals surface area contributed by atoms with Crippen LogP contribution < -0.4 is 4.90 Å². The quantitative estimate of drug-likeness (QED) is 0.740. The summed E-state index contributed by atoms with van der Waals surface area (Å²) in [7, 11) is 0. The zero-order valence-electron chi connectivity index (χ0n) is 18.1. The smallest absolute Gasteiger partial charge is 0.415 e. The minimum atomic E-state index is -0.645. The number of benzene rings is 1.